The summed E-state index contributed by atoms with van der Waals surface area (Å²) in [5.74, 6) is 0.00232. The SMILES string of the molecule is CCNC(C)CC(=O)Nc1nc2ccccc2s1. The Morgan fingerprint density at radius 1 is 1.44 bits per heavy atom. The number of rotatable bonds is 5. The van der Waals surface area contributed by atoms with Gasteiger partial charge in [0.2, 0.25) is 5.91 Å². The predicted octanol–water partition coefficient (Wildman–Crippen LogP) is 2.62. The van der Waals surface area contributed by atoms with Gasteiger partial charge in [-0.15, -0.1) is 0 Å². The van der Waals surface area contributed by atoms with Crippen molar-refractivity contribution in [2.75, 3.05) is 11.9 Å². The van der Waals surface area contributed by atoms with Gasteiger partial charge in [0, 0.05) is 12.5 Å². The number of anilines is 1. The molecule has 18 heavy (non-hydrogen) atoms. The summed E-state index contributed by atoms with van der Waals surface area (Å²) < 4.78 is 1.09. The Bertz CT molecular complexity index is 505. The van der Waals surface area contributed by atoms with Gasteiger partial charge < -0.3 is 10.6 Å². The van der Waals surface area contributed by atoms with E-state index in [-0.39, 0.29) is 11.9 Å². The van der Waals surface area contributed by atoms with Crippen LogP contribution in [0.2, 0.25) is 0 Å². The molecule has 0 aliphatic rings. The number of fused-ring (bicyclic) bond motifs is 1. The number of nitrogens with zero attached hydrogens (tertiary/aromatic N) is 1. The summed E-state index contributed by atoms with van der Waals surface area (Å²) >= 11 is 1.50. The Morgan fingerprint density at radius 2 is 2.22 bits per heavy atom. The third-order valence-corrected chi connectivity index (χ3v) is 3.54. The van der Waals surface area contributed by atoms with E-state index in [2.05, 4.69) is 15.6 Å². The van der Waals surface area contributed by atoms with E-state index in [4.69, 9.17) is 0 Å². The molecule has 1 aromatic heterocycles. The first-order valence-corrected chi connectivity index (χ1v) is 6.89. The van der Waals surface area contributed by atoms with Crippen LogP contribution in [0.3, 0.4) is 0 Å². The summed E-state index contributed by atoms with van der Waals surface area (Å²) in [6.45, 7) is 4.90. The quantitative estimate of drug-likeness (QED) is 0.872. The monoisotopic (exact) mass is 263 g/mol. The molecule has 0 radical (unpaired) electrons. The van der Waals surface area contributed by atoms with Crippen molar-refractivity contribution in [2.24, 2.45) is 0 Å². The van der Waals surface area contributed by atoms with Crippen molar-refractivity contribution in [1.29, 1.82) is 0 Å². The van der Waals surface area contributed by atoms with Crippen molar-refractivity contribution < 1.29 is 4.79 Å². The van der Waals surface area contributed by atoms with Crippen molar-refractivity contribution in [1.82, 2.24) is 10.3 Å². The maximum absolute atomic E-state index is 11.8. The van der Waals surface area contributed by atoms with Crippen molar-refractivity contribution >= 4 is 32.6 Å². The molecule has 1 aromatic carbocycles. The lowest BCUT2D eigenvalue weighted by Crippen LogP contribution is -2.30. The van der Waals surface area contributed by atoms with E-state index in [1.807, 2.05) is 38.1 Å². The third kappa shape index (κ3) is 3.27. The highest BCUT2D eigenvalue weighted by atomic mass is 32.1. The molecule has 4 nitrogen and oxygen atoms in total. The molecule has 0 spiro atoms. The van der Waals surface area contributed by atoms with Gasteiger partial charge in [-0.2, -0.15) is 0 Å². The molecule has 1 unspecified atom stereocenters. The van der Waals surface area contributed by atoms with E-state index in [0.29, 0.717) is 11.6 Å². The van der Waals surface area contributed by atoms with Crippen LogP contribution in [-0.4, -0.2) is 23.5 Å². The number of carbonyl (C=O) groups is 1. The number of benzene rings is 1. The van der Waals surface area contributed by atoms with Crippen LogP contribution in [0.1, 0.15) is 20.3 Å². The van der Waals surface area contributed by atoms with Crippen molar-refractivity contribution in [3.05, 3.63) is 24.3 Å². The normalized spacial score (nSPS) is 12.6. The van der Waals surface area contributed by atoms with Crippen molar-refractivity contribution in [2.45, 2.75) is 26.3 Å². The van der Waals surface area contributed by atoms with Crippen LogP contribution in [0, 0.1) is 0 Å². The van der Waals surface area contributed by atoms with Gasteiger partial charge in [-0.1, -0.05) is 30.4 Å². The molecule has 0 aliphatic heterocycles. The van der Waals surface area contributed by atoms with E-state index in [1.54, 1.807) is 0 Å². The van der Waals surface area contributed by atoms with Gasteiger partial charge in [0.15, 0.2) is 5.13 Å². The zero-order chi connectivity index (χ0) is 13.0. The number of carbonyl (C=O) groups excluding carboxylic acids is 1. The van der Waals surface area contributed by atoms with Gasteiger partial charge in [-0.25, -0.2) is 4.98 Å². The molecule has 2 rings (SSSR count). The number of nitrogens with one attached hydrogen (secondary N) is 2. The van der Waals surface area contributed by atoms with Crippen LogP contribution in [-0.2, 0) is 4.79 Å². The Balaban J connectivity index is 1.98. The Hall–Kier alpha value is -1.46. The van der Waals surface area contributed by atoms with E-state index < -0.39 is 0 Å². The number of para-hydroxylation sites is 1. The zero-order valence-electron chi connectivity index (χ0n) is 10.6. The Kier molecular flexibility index (Phi) is 4.28. The number of hydrogen-bond acceptors (Lipinski definition) is 4. The topological polar surface area (TPSA) is 54.0 Å². The molecule has 0 fully saturated rings. The van der Waals surface area contributed by atoms with E-state index in [1.165, 1.54) is 11.3 Å². The summed E-state index contributed by atoms with van der Waals surface area (Å²) in [4.78, 5) is 16.2. The second-order valence-electron chi connectivity index (χ2n) is 4.20. The molecule has 1 amide bonds. The molecule has 5 heteroatoms. The predicted molar refractivity (Wildman–Crippen MR) is 76.0 cm³/mol. The molecule has 2 aromatic rings. The zero-order valence-corrected chi connectivity index (χ0v) is 11.4. The highest BCUT2D eigenvalue weighted by Gasteiger charge is 2.10. The first-order valence-electron chi connectivity index (χ1n) is 6.08. The van der Waals surface area contributed by atoms with Crippen LogP contribution in [0.5, 0.6) is 0 Å². The average Bonchev–Trinajstić information content (AvgIpc) is 2.70. The fraction of sp³-hybridized carbons (Fsp3) is 0.385. The van der Waals surface area contributed by atoms with Crippen LogP contribution < -0.4 is 10.6 Å². The molecule has 0 saturated heterocycles. The maximum atomic E-state index is 11.8. The van der Waals surface area contributed by atoms with E-state index in [0.717, 1.165) is 16.8 Å². The van der Waals surface area contributed by atoms with Gasteiger partial charge in [-0.3, -0.25) is 4.79 Å². The first kappa shape index (κ1) is 13.0. The molecular formula is C13H17N3OS. The van der Waals surface area contributed by atoms with E-state index in [9.17, 15) is 4.79 Å². The van der Waals surface area contributed by atoms with Gasteiger partial charge in [0.05, 0.1) is 10.2 Å². The van der Waals surface area contributed by atoms with Crippen LogP contribution in [0.4, 0.5) is 5.13 Å². The summed E-state index contributed by atoms with van der Waals surface area (Å²) in [5, 5.41) is 6.73. The van der Waals surface area contributed by atoms with E-state index >= 15 is 0 Å². The van der Waals surface area contributed by atoms with Gasteiger partial charge in [0.25, 0.3) is 0 Å². The highest BCUT2D eigenvalue weighted by molar-refractivity contribution is 7.22. The van der Waals surface area contributed by atoms with Crippen LogP contribution >= 0.6 is 11.3 Å². The van der Waals surface area contributed by atoms with Crippen LogP contribution in [0.15, 0.2) is 24.3 Å². The lowest BCUT2D eigenvalue weighted by molar-refractivity contribution is -0.116. The number of aromatic nitrogens is 1. The average molecular weight is 263 g/mol. The summed E-state index contributed by atoms with van der Waals surface area (Å²) in [6.07, 6.45) is 0.462. The smallest absolute Gasteiger partial charge is 0.227 e. The molecular weight excluding hydrogens is 246 g/mol. The molecule has 0 aliphatic carbocycles. The van der Waals surface area contributed by atoms with Gasteiger partial charge in [-0.05, 0) is 25.6 Å². The summed E-state index contributed by atoms with van der Waals surface area (Å²) in [5.41, 5.74) is 0.928. The molecule has 2 N–H and O–H groups in total. The molecule has 96 valence electrons. The minimum Gasteiger partial charge on any atom is -0.314 e. The fourth-order valence-corrected chi connectivity index (χ4v) is 2.68. The lowest BCUT2D eigenvalue weighted by Gasteiger charge is -2.10. The highest BCUT2D eigenvalue weighted by Crippen LogP contribution is 2.25. The van der Waals surface area contributed by atoms with Crippen LogP contribution in [0.25, 0.3) is 10.2 Å². The fourth-order valence-electron chi connectivity index (χ4n) is 1.79. The summed E-state index contributed by atoms with van der Waals surface area (Å²) in [6, 6.07) is 8.05. The van der Waals surface area contributed by atoms with Crippen molar-refractivity contribution in [3.63, 3.8) is 0 Å². The summed E-state index contributed by atoms with van der Waals surface area (Å²) in [7, 11) is 0. The molecule has 1 atom stereocenters. The van der Waals surface area contributed by atoms with Crippen molar-refractivity contribution in [3.8, 4) is 0 Å². The molecule has 0 bridgehead atoms. The molecule has 1 heterocycles. The number of amides is 1. The van der Waals surface area contributed by atoms with Gasteiger partial charge in [0.1, 0.15) is 0 Å². The second kappa shape index (κ2) is 5.93. The lowest BCUT2D eigenvalue weighted by atomic mass is 10.2. The first-order chi connectivity index (χ1) is 8.69. The third-order valence-electron chi connectivity index (χ3n) is 2.58. The Morgan fingerprint density at radius 3 is 2.94 bits per heavy atom. The standard InChI is InChI=1S/C13H17N3OS/c1-3-14-9(2)8-12(17)16-13-15-10-6-4-5-7-11(10)18-13/h4-7,9,14H,3,8H2,1-2H3,(H,15,16,17). The maximum Gasteiger partial charge on any atom is 0.227 e. The number of thiazole rings is 1. The van der Waals surface area contributed by atoms with Gasteiger partial charge >= 0.3 is 0 Å². The minimum atomic E-state index is 0.00232. The number of hydrogen-bond donors (Lipinski definition) is 2. The molecule has 0 saturated carbocycles. The Labute approximate surface area is 110 Å². The minimum absolute atomic E-state index is 0.00232. The largest absolute Gasteiger partial charge is 0.314 e. The second-order valence-corrected chi connectivity index (χ2v) is 5.23.